The van der Waals surface area contributed by atoms with Gasteiger partial charge in [-0.05, 0) is 69.0 Å². The minimum atomic E-state index is -0.407. The van der Waals surface area contributed by atoms with Crippen molar-refractivity contribution in [1.29, 1.82) is 0 Å². The summed E-state index contributed by atoms with van der Waals surface area (Å²) in [5.41, 5.74) is 4.15. The van der Waals surface area contributed by atoms with Crippen LogP contribution in [0.3, 0.4) is 0 Å². The fourth-order valence-electron chi connectivity index (χ4n) is 4.39. The van der Waals surface area contributed by atoms with E-state index in [4.69, 9.17) is 0 Å². The van der Waals surface area contributed by atoms with E-state index in [1.165, 1.54) is 12.1 Å². The molecule has 3 amide bonds. The number of aryl methyl sites for hydroxylation is 1. The highest BCUT2D eigenvalue weighted by Crippen LogP contribution is 2.20. The van der Waals surface area contributed by atoms with Gasteiger partial charge in [0.1, 0.15) is 5.82 Å². The zero-order valence-electron chi connectivity index (χ0n) is 20.0. The van der Waals surface area contributed by atoms with Gasteiger partial charge in [-0.3, -0.25) is 4.79 Å². The van der Waals surface area contributed by atoms with Crippen molar-refractivity contribution in [2.45, 2.75) is 26.7 Å². The van der Waals surface area contributed by atoms with Crippen LogP contribution in [0.1, 0.15) is 29.8 Å². The number of amides is 3. The monoisotopic (exact) mass is 475 g/mol. The predicted octanol–water partition coefficient (Wildman–Crippen LogP) is 4.70. The zero-order valence-corrected chi connectivity index (χ0v) is 20.0. The van der Waals surface area contributed by atoms with Crippen molar-refractivity contribution in [2.24, 2.45) is 5.92 Å². The minimum Gasteiger partial charge on any atom is -0.339 e. The molecule has 0 bridgehead atoms. The third-order valence-corrected chi connectivity index (χ3v) is 6.21. The molecule has 1 unspecified atom stereocenters. The first-order valence-corrected chi connectivity index (χ1v) is 11.8. The molecule has 0 radical (unpaired) electrons. The van der Waals surface area contributed by atoms with Gasteiger partial charge >= 0.3 is 6.03 Å². The maximum Gasteiger partial charge on any atom is 0.319 e. The quantitative estimate of drug-likeness (QED) is 0.507. The number of piperidine rings is 1. The molecule has 1 atom stereocenters. The second-order valence-electron chi connectivity index (χ2n) is 8.80. The van der Waals surface area contributed by atoms with E-state index < -0.39 is 5.82 Å². The Morgan fingerprint density at radius 2 is 1.94 bits per heavy atom. The SMILES string of the molecule is Cc1nn(-c2ccccc2)c(C)c1/C=C/C(=O)N1CCCC(CNC(=O)Nc2cccc(F)c2)C1. The Hall–Kier alpha value is -3.94. The molecule has 2 aromatic carbocycles. The highest BCUT2D eigenvalue weighted by molar-refractivity contribution is 5.92. The number of carbonyl (C=O) groups excluding carboxylic acids is 2. The summed E-state index contributed by atoms with van der Waals surface area (Å²) >= 11 is 0. The largest absolute Gasteiger partial charge is 0.339 e. The van der Waals surface area contributed by atoms with Gasteiger partial charge in [-0.2, -0.15) is 5.10 Å². The van der Waals surface area contributed by atoms with Gasteiger partial charge in [0.25, 0.3) is 0 Å². The van der Waals surface area contributed by atoms with Crippen LogP contribution in [0, 0.1) is 25.6 Å². The van der Waals surface area contributed by atoms with Crippen LogP contribution < -0.4 is 10.6 Å². The van der Waals surface area contributed by atoms with Crippen molar-refractivity contribution >= 4 is 23.7 Å². The van der Waals surface area contributed by atoms with Crippen LogP contribution >= 0.6 is 0 Å². The molecular weight excluding hydrogens is 445 g/mol. The summed E-state index contributed by atoms with van der Waals surface area (Å²) in [6, 6.07) is 15.3. The van der Waals surface area contributed by atoms with Gasteiger partial charge in [-0.25, -0.2) is 13.9 Å². The number of hydrogen-bond donors (Lipinski definition) is 2. The Morgan fingerprint density at radius 1 is 1.14 bits per heavy atom. The number of anilines is 1. The van der Waals surface area contributed by atoms with E-state index in [1.54, 1.807) is 18.2 Å². The topological polar surface area (TPSA) is 79.3 Å². The standard InChI is InChI=1S/C27H30FN5O2/c1-19-25(20(2)33(31-19)24-11-4-3-5-12-24)13-14-26(34)32-15-7-8-21(18-32)17-29-27(35)30-23-10-6-9-22(28)16-23/h3-6,9-14,16,21H,7-8,15,17-18H2,1-2H3,(H2,29,30,35)/b14-13+. The van der Waals surface area contributed by atoms with Gasteiger partial charge in [0.05, 0.1) is 11.4 Å². The first-order valence-electron chi connectivity index (χ1n) is 11.8. The summed E-state index contributed by atoms with van der Waals surface area (Å²) < 4.78 is 15.2. The van der Waals surface area contributed by atoms with Gasteiger partial charge in [0, 0.05) is 42.7 Å². The molecule has 2 heterocycles. The molecule has 1 aliphatic heterocycles. The van der Waals surface area contributed by atoms with Gasteiger partial charge in [0.15, 0.2) is 0 Å². The fraction of sp³-hybridized carbons (Fsp3) is 0.296. The molecule has 7 nitrogen and oxygen atoms in total. The first-order chi connectivity index (χ1) is 16.9. The highest BCUT2D eigenvalue weighted by atomic mass is 19.1. The van der Waals surface area contributed by atoms with Crippen molar-refractivity contribution in [2.75, 3.05) is 25.0 Å². The Kier molecular flexibility index (Phi) is 7.60. The van der Waals surface area contributed by atoms with Crippen LogP contribution in [0.5, 0.6) is 0 Å². The number of nitrogens with zero attached hydrogens (tertiary/aromatic N) is 3. The summed E-state index contributed by atoms with van der Waals surface area (Å²) in [5, 5.41) is 10.1. The van der Waals surface area contributed by atoms with E-state index in [-0.39, 0.29) is 17.9 Å². The average molecular weight is 476 g/mol. The summed E-state index contributed by atoms with van der Waals surface area (Å²) in [7, 11) is 0. The lowest BCUT2D eigenvalue weighted by Crippen LogP contribution is -2.43. The average Bonchev–Trinajstić information content (AvgIpc) is 3.15. The van der Waals surface area contributed by atoms with E-state index in [9.17, 15) is 14.0 Å². The first kappa shape index (κ1) is 24.2. The molecule has 8 heteroatoms. The predicted molar refractivity (Wildman–Crippen MR) is 135 cm³/mol. The second kappa shape index (κ2) is 11.0. The van der Waals surface area contributed by atoms with Crippen molar-refractivity contribution in [1.82, 2.24) is 20.0 Å². The molecule has 1 fully saturated rings. The van der Waals surface area contributed by atoms with Crippen LogP contribution in [0.4, 0.5) is 14.9 Å². The molecule has 4 rings (SSSR count). The summed E-state index contributed by atoms with van der Waals surface area (Å²) in [5.74, 6) is -0.302. The number of benzene rings is 2. The second-order valence-corrected chi connectivity index (χ2v) is 8.80. The maximum absolute atomic E-state index is 13.3. The third kappa shape index (κ3) is 6.15. The van der Waals surface area contributed by atoms with Crippen molar-refractivity contribution < 1.29 is 14.0 Å². The zero-order chi connectivity index (χ0) is 24.8. The Bertz CT molecular complexity index is 1220. The van der Waals surface area contributed by atoms with Crippen LogP contribution in [0.25, 0.3) is 11.8 Å². The molecule has 1 saturated heterocycles. The van der Waals surface area contributed by atoms with E-state index in [0.717, 1.165) is 35.5 Å². The number of hydrogen-bond acceptors (Lipinski definition) is 3. The van der Waals surface area contributed by atoms with E-state index in [0.29, 0.717) is 25.3 Å². The molecule has 3 aromatic rings. The lowest BCUT2D eigenvalue weighted by Gasteiger charge is -2.32. The number of aromatic nitrogens is 2. The molecule has 1 aliphatic rings. The van der Waals surface area contributed by atoms with Gasteiger partial charge in [0.2, 0.25) is 5.91 Å². The molecular formula is C27H30FN5O2. The van der Waals surface area contributed by atoms with E-state index >= 15 is 0 Å². The number of carbonyl (C=O) groups is 2. The van der Waals surface area contributed by atoms with Crippen LogP contribution in [-0.4, -0.2) is 46.3 Å². The van der Waals surface area contributed by atoms with Crippen LogP contribution in [-0.2, 0) is 4.79 Å². The minimum absolute atomic E-state index is 0.0508. The molecule has 0 spiro atoms. The molecule has 0 aliphatic carbocycles. The van der Waals surface area contributed by atoms with Crippen LogP contribution in [0.2, 0.25) is 0 Å². The van der Waals surface area contributed by atoms with E-state index in [2.05, 4.69) is 15.7 Å². The smallest absolute Gasteiger partial charge is 0.319 e. The Balaban J connectivity index is 1.32. The van der Waals surface area contributed by atoms with Crippen molar-refractivity contribution in [3.05, 3.63) is 83.4 Å². The number of halogens is 1. The molecule has 1 aromatic heterocycles. The summed E-state index contributed by atoms with van der Waals surface area (Å²) in [6.07, 6.45) is 5.25. The molecule has 2 N–H and O–H groups in total. The normalized spacial score (nSPS) is 15.9. The Morgan fingerprint density at radius 3 is 2.71 bits per heavy atom. The van der Waals surface area contributed by atoms with Gasteiger partial charge < -0.3 is 15.5 Å². The lowest BCUT2D eigenvalue weighted by atomic mass is 9.98. The summed E-state index contributed by atoms with van der Waals surface area (Å²) in [6.45, 7) is 5.64. The maximum atomic E-state index is 13.3. The number of nitrogens with one attached hydrogen (secondary N) is 2. The molecule has 0 saturated carbocycles. The lowest BCUT2D eigenvalue weighted by molar-refractivity contribution is -0.127. The van der Waals surface area contributed by atoms with Crippen molar-refractivity contribution in [3.63, 3.8) is 0 Å². The van der Waals surface area contributed by atoms with Gasteiger partial charge in [-0.15, -0.1) is 0 Å². The summed E-state index contributed by atoms with van der Waals surface area (Å²) in [4.78, 5) is 26.9. The molecule has 35 heavy (non-hydrogen) atoms. The number of likely N-dealkylation sites (tertiary alicyclic amines) is 1. The van der Waals surface area contributed by atoms with E-state index in [1.807, 2.05) is 59.8 Å². The highest BCUT2D eigenvalue weighted by Gasteiger charge is 2.23. The fourth-order valence-corrected chi connectivity index (χ4v) is 4.39. The van der Waals surface area contributed by atoms with Crippen molar-refractivity contribution in [3.8, 4) is 5.69 Å². The number of para-hydroxylation sites is 1. The number of rotatable bonds is 6. The number of urea groups is 1. The van der Waals surface area contributed by atoms with Crippen LogP contribution in [0.15, 0.2) is 60.7 Å². The Labute approximate surface area is 204 Å². The third-order valence-electron chi connectivity index (χ3n) is 6.21. The molecule has 182 valence electrons. The van der Waals surface area contributed by atoms with Gasteiger partial charge in [-0.1, -0.05) is 24.3 Å².